The number of benzene rings is 1. The van der Waals surface area contributed by atoms with E-state index in [-0.39, 0.29) is 6.04 Å². The van der Waals surface area contributed by atoms with Crippen molar-refractivity contribution in [1.29, 1.82) is 0 Å². The van der Waals surface area contributed by atoms with Crippen LogP contribution in [0.5, 0.6) is 0 Å². The normalized spacial score (nSPS) is 19.2. The third-order valence-electron chi connectivity index (χ3n) is 5.41. The quantitative estimate of drug-likeness (QED) is 0.623. The van der Waals surface area contributed by atoms with Gasteiger partial charge in [0.15, 0.2) is 5.96 Å². The molecule has 0 saturated heterocycles. The summed E-state index contributed by atoms with van der Waals surface area (Å²) in [5, 5.41) is 2.97. The van der Waals surface area contributed by atoms with Crippen LogP contribution in [0, 0.1) is 0 Å². The van der Waals surface area contributed by atoms with Crippen molar-refractivity contribution in [1.82, 2.24) is 9.80 Å². The van der Waals surface area contributed by atoms with Crippen LogP contribution >= 0.6 is 22.9 Å². The van der Waals surface area contributed by atoms with Crippen LogP contribution in [0.15, 0.2) is 40.7 Å². The molecule has 4 rings (SSSR count). The summed E-state index contributed by atoms with van der Waals surface area (Å²) < 4.78 is 0. The van der Waals surface area contributed by atoms with Crippen LogP contribution in [0.2, 0.25) is 5.02 Å². The number of aliphatic imine (C=N–C) groups is 1. The van der Waals surface area contributed by atoms with Crippen LogP contribution in [0.4, 0.5) is 0 Å². The minimum atomic E-state index is 0.214. The number of rotatable bonds is 5. The van der Waals surface area contributed by atoms with E-state index in [1.807, 2.05) is 30.5 Å². The zero-order valence-corrected chi connectivity index (χ0v) is 16.6. The minimum absolute atomic E-state index is 0.214. The maximum Gasteiger partial charge on any atom is 0.191 e. The highest BCUT2D eigenvalue weighted by atomic mass is 35.5. The highest BCUT2D eigenvalue weighted by molar-refractivity contribution is 7.10. The SMILES string of the molecule is CN(C(N)=NCC(c1ccc(Cl)cc1)N1CCc2sccc2C1)C1CC1. The Kier molecular flexibility index (Phi) is 5.20. The second-order valence-electron chi connectivity index (χ2n) is 7.20. The Hall–Kier alpha value is -1.56. The summed E-state index contributed by atoms with van der Waals surface area (Å²) in [4.78, 5) is 10.9. The van der Waals surface area contributed by atoms with E-state index in [2.05, 4.69) is 33.4 Å². The third-order valence-corrected chi connectivity index (χ3v) is 6.69. The lowest BCUT2D eigenvalue weighted by Gasteiger charge is -2.34. The first kappa shape index (κ1) is 17.8. The highest BCUT2D eigenvalue weighted by Gasteiger charge is 2.28. The largest absolute Gasteiger partial charge is 0.370 e. The van der Waals surface area contributed by atoms with Crippen molar-refractivity contribution in [2.45, 2.75) is 37.9 Å². The molecule has 1 atom stereocenters. The first-order chi connectivity index (χ1) is 12.6. The van der Waals surface area contributed by atoms with Crippen molar-refractivity contribution in [3.63, 3.8) is 0 Å². The average Bonchev–Trinajstić information content (AvgIpc) is 3.40. The monoisotopic (exact) mass is 388 g/mol. The van der Waals surface area contributed by atoms with Gasteiger partial charge in [-0.3, -0.25) is 9.89 Å². The number of hydrogen-bond acceptors (Lipinski definition) is 3. The first-order valence-corrected chi connectivity index (χ1v) is 10.4. The van der Waals surface area contributed by atoms with Gasteiger partial charge in [0.2, 0.25) is 0 Å². The summed E-state index contributed by atoms with van der Waals surface area (Å²) >= 11 is 7.97. The first-order valence-electron chi connectivity index (χ1n) is 9.19. The fourth-order valence-electron chi connectivity index (χ4n) is 3.59. The standard InChI is InChI=1S/C20H25ClN4S/c1-24(17-6-7-17)20(22)23-12-18(14-2-4-16(21)5-3-14)25-10-8-19-15(13-25)9-11-26-19/h2-5,9,11,17-18H,6-8,10,12-13H2,1H3,(H2,22,23). The molecule has 1 fully saturated rings. The molecule has 1 aliphatic carbocycles. The van der Waals surface area contributed by atoms with Crippen molar-refractivity contribution >= 4 is 28.9 Å². The number of fused-ring (bicyclic) bond motifs is 1. The van der Waals surface area contributed by atoms with Gasteiger partial charge in [-0.15, -0.1) is 11.3 Å². The summed E-state index contributed by atoms with van der Waals surface area (Å²) in [6, 6.07) is 11.2. The molecule has 2 aliphatic rings. The zero-order chi connectivity index (χ0) is 18.1. The van der Waals surface area contributed by atoms with Crippen molar-refractivity contribution in [2.75, 3.05) is 20.1 Å². The molecule has 2 aromatic rings. The summed E-state index contributed by atoms with van der Waals surface area (Å²) in [6.07, 6.45) is 3.55. The van der Waals surface area contributed by atoms with Gasteiger partial charge in [0, 0.05) is 36.1 Å². The minimum Gasteiger partial charge on any atom is -0.370 e. The topological polar surface area (TPSA) is 44.9 Å². The fraction of sp³-hybridized carbons (Fsp3) is 0.450. The van der Waals surface area contributed by atoms with Crippen LogP contribution < -0.4 is 5.73 Å². The number of nitrogens with two attached hydrogens (primary N) is 1. The highest BCUT2D eigenvalue weighted by Crippen LogP contribution is 2.31. The molecule has 2 N–H and O–H groups in total. The molecular formula is C20H25ClN4S. The van der Waals surface area contributed by atoms with Gasteiger partial charge >= 0.3 is 0 Å². The molecule has 1 aromatic heterocycles. The molecule has 0 amide bonds. The predicted molar refractivity (Wildman–Crippen MR) is 110 cm³/mol. The van der Waals surface area contributed by atoms with Crippen LogP contribution in [-0.2, 0) is 13.0 Å². The Bertz CT molecular complexity index is 781. The lowest BCUT2D eigenvalue weighted by Crippen LogP contribution is -2.38. The van der Waals surface area contributed by atoms with Gasteiger partial charge in [-0.1, -0.05) is 23.7 Å². The molecule has 1 saturated carbocycles. The zero-order valence-electron chi connectivity index (χ0n) is 15.1. The van der Waals surface area contributed by atoms with Gasteiger partial charge in [0.05, 0.1) is 12.6 Å². The number of guanidine groups is 1. The van der Waals surface area contributed by atoms with Crippen LogP contribution in [-0.4, -0.2) is 41.9 Å². The van der Waals surface area contributed by atoms with Crippen LogP contribution in [0.25, 0.3) is 0 Å². The predicted octanol–water partition coefficient (Wildman–Crippen LogP) is 3.91. The van der Waals surface area contributed by atoms with Gasteiger partial charge in [-0.2, -0.15) is 0 Å². The molecule has 26 heavy (non-hydrogen) atoms. The van der Waals surface area contributed by atoms with Crippen LogP contribution in [0.3, 0.4) is 0 Å². The Labute approximate surface area is 164 Å². The Morgan fingerprint density at radius 1 is 1.35 bits per heavy atom. The van der Waals surface area contributed by atoms with E-state index < -0.39 is 0 Å². The molecule has 138 valence electrons. The molecule has 0 radical (unpaired) electrons. The summed E-state index contributed by atoms with van der Waals surface area (Å²) in [6.45, 7) is 2.69. The van der Waals surface area contributed by atoms with Gasteiger partial charge in [0.1, 0.15) is 0 Å². The second kappa shape index (κ2) is 7.59. The average molecular weight is 389 g/mol. The molecule has 1 unspecified atom stereocenters. The van der Waals surface area contributed by atoms with Crippen molar-refractivity contribution in [2.24, 2.45) is 10.7 Å². The van der Waals surface area contributed by atoms with E-state index in [1.54, 1.807) is 0 Å². The van der Waals surface area contributed by atoms with Crippen molar-refractivity contribution in [3.05, 3.63) is 56.7 Å². The summed E-state index contributed by atoms with van der Waals surface area (Å²) in [5.41, 5.74) is 8.94. The Morgan fingerprint density at radius 3 is 2.85 bits per heavy atom. The Balaban J connectivity index is 1.55. The van der Waals surface area contributed by atoms with E-state index in [0.29, 0.717) is 18.5 Å². The van der Waals surface area contributed by atoms with Gasteiger partial charge in [0.25, 0.3) is 0 Å². The van der Waals surface area contributed by atoms with E-state index in [4.69, 9.17) is 22.3 Å². The number of hydrogen-bond donors (Lipinski definition) is 1. The van der Waals surface area contributed by atoms with Crippen molar-refractivity contribution in [3.8, 4) is 0 Å². The molecule has 2 heterocycles. The lowest BCUT2D eigenvalue weighted by atomic mass is 10.0. The van der Waals surface area contributed by atoms with Crippen molar-refractivity contribution < 1.29 is 0 Å². The molecule has 0 bridgehead atoms. The van der Waals surface area contributed by atoms with Crippen LogP contribution in [0.1, 0.15) is 34.9 Å². The maximum atomic E-state index is 6.24. The van der Waals surface area contributed by atoms with Gasteiger partial charge in [-0.25, -0.2) is 0 Å². The van der Waals surface area contributed by atoms with E-state index in [0.717, 1.165) is 24.5 Å². The van der Waals surface area contributed by atoms with Gasteiger partial charge in [-0.05, 0) is 54.0 Å². The number of nitrogens with zero attached hydrogens (tertiary/aromatic N) is 3. The number of halogens is 1. The molecular weight excluding hydrogens is 364 g/mol. The Morgan fingerprint density at radius 2 is 2.12 bits per heavy atom. The molecule has 4 nitrogen and oxygen atoms in total. The summed E-state index contributed by atoms with van der Waals surface area (Å²) in [5.74, 6) is 0.652. The van der Waals surface area contributed by atoms with Gasteiger partial charge < -0.3 is 10.6 Å². The van der Waals surface area contributed by atoms with E-state index in [1.165, 1.54) is 28.8 Å². The third kappa shape index (κ3) is 3.90. The fourth-order valence-corrected chi connectivity index (χ4v) is 4.61. The number of thiophene rings is 1. The smallest absolute Gasteiger partial charge is 0.191 e. The van der Waals surface area contributed by atoms with E-state index >= 15 is 0 Å². The summed E-state index contributed by atoms with van der Waals surface area (Å²) in [7, 11) is 2.05. The molecule has 1 aliphatic heterocycles. The van der Waals surface area contributed by atoms with E-state index in [9.17, 15) is 0 Å². The molecule has 6 heteroatoms. The molecule has 1 aromatic carbocycles. The maximum absolute atomic E-state index is 6.24. The molecule has 0 spiro atoms. The second-order valence-corrected chi connectivity index (χ2v) is 8.63. The lowest BCUT2D eigenvalue weighted by molar-refractivity contribution is 0.185.